The van der Waals surface area contributed by atoms with Gasteiger partial charge in [0.2, 0.25) is 0 Å². The molecule has 0 aromatic heterocycles. The third kappa shape index (κ3) is 21.1. The van der Waals surface area contributed by atoms with E-state index in [0.717, 1.165) is 123 Å². The van der Waals surface area contributed by atoms with E-state index in [0.29, 0.717) is 75.0 Å². The van der Waals surface area contributed by atoms with Crippen LogP contribution >= 0.6 is 0 Å². The van der Waals surface area contributed by atoms with Gasteiger partial charge in [0.25, 0.3) is 11.8 Å². The molecule has 0 saturated heterocycles. The van der Waals surface area contributed by atoms with E-state index < -0.39 is 5.97 Å². The molecule has 0 spiro atoms. The number of fused-ring (bicyclic) bond motifs is 3. The number of benzene rings is 8. The molecule has 0 saturated carbocycles. The summed E-state index contributed by atoms with van der Waals surface area (Å²) in [5, 5.41) is 32.8. The minimum Gasteiger partial charge on any atom is -0.508 e. The van der Waals surface area contributed by atoms with Crippen molar-refractivity contribution in [3.8, 4) is 40.2 Å². The van der Waals surface area contributed by atoms with Crippen LogP contribution in [0.3, 0.4) is 0 Å². The molecular weight excluding hydrogens is 1240 g/mol. The number of carbonyl (C=O) groups excluding carboxylic acids is 2. The van der Waals surface area contributed by atoms with Crippen LogP contribution in [0.1, 0.15) is 165 Å². The van der Waals surface area contributed by atoms with Crippen LogP contribution in [0, 0.1) is 13.8 Å². The van der Waals surface area contributed by atoms with E-state index in [2.05, 4.69) is 59.5 Å². The molecule has 0 atom stereocenters. The largest absolute Gasteiger partial charge is 0.508 e. The van der Waals surface area contributed by atoms with Crippen molar-refractivity contribution in [3.63, 3.8) is 0 Å². The lowest BCUT2D eigenvalue weighted by Gasteiger charge is -2.20. The molecule has 0 unspecified atom stereocenters. The Morgan fingerprint density at radius 3 is 1.37 bits per heavy atom. The van der Waals surface area contributed by atoms with Crippen LogP contribution in [-0.4, -0.2) is 114 Å². The fourth-order valence-electron chi connectivity index (χ4n) is 11.4. The van der Waals surface area contributed by atoms with Gasteiger partial charge in [-0.05, 0) is 172 Å². The molecule has 0 fully saturated rings. The fourth-order valence-corrected chi connectivity index (χ4v) is 11.4. The van der Waals surface area contributed by atoms with Gasteiger partial charge < -0.3 is 63.9 Å². The summed E-state index contributed by atoms with van der Waals surface area (Å²) in [5.74, 6) is 2.79. The molecule has 0 radical (unpaired) electrons. The number of rotatable bonds is 23. The average molecular weight is 1350 g/mol. The van der Waals surface area contributed by atoms with E-state index in [1.165, 1.54) is 17.2 Å². The summed E-state index contributed by atoms with van der Waals surface area (Å²) in [7, 11) is 8.04. The molecule has 526 valence electrons. The molecule has 4 N–H and O–H groups in total. The monoisotopic (exact) mass is 1350 g/mol. The van der Waals surface area contributed by atoms with Crippen LogP contribution in [0.4, 0.5) is 0 Å². The molecule has 11 rings (SSSR count). The second kappa shape index (κ2) is 37.2. The number of phenols is 2. The highest BCUT2D eigenvalue weighted by atomic mass is 16.5. The summed E-state index contributed by atoms with van der Waals surface area (Å²) in [5.41, 5.74) is 15.8. The highest BCUT2D eigenvalue weighted by Gasteiger charge is 2.31. The van der Waals surface area contributed by atoms with Gasteiger partial charge in [-0.3, -0.25) is 9.59 Å². The Morgan fingerprint density at radius 1 is 0.495 bits per heavy atom. The number of ether oxygens (including phenoxy) is 5. The van der Waals surface area contributed by atoms with Crippen molar-refractivity contribution < 1.29 is 53.4 Å². The number of allylic oxidation sites excluding steroid dienone is 2. The topological polar surface area (TPSA) is 183 Å². The molecule has 0 bridgehead atoms. The lowest BCUT2D eigenvalue weighted by Crippen LogP contribution is -2.26. The Kier molecular flexibility index (Phi) is 29.3. The third-order valence-corrected chi connectivity index (χ3v) is 16.9. The molecule has 8 aromatic carbocycles. The summed E-state index contributed by atoms with van der Waals surface area (Å²) in [4.78, 5) is 45.6. The summed E-state index contributed by atoms with van der Waals surface area (Å²) in [6.45, 7) is 30.0. The number of carboxylic acid groups (broad SMARTS) is 1. The first-order chi connectivity index (χ1) is 46.5. The molecule has 99 heavy (non-hydrogen) atoms. The van der Waals surface area contributed by atoms with Gasteiger partial charge in [0.1, 0.15) is 66.7 Å². The van der Waals surface area contributed by atoms with E-state index >= 15 is 0 Å². The molecule has 16 heteroatoms. The maximum Gasteiger partial charge on any atom is 0.335 e. The fraction of sp³-hybridized carbons (Fsp3) is 0.337. The highest BCUT2D eigenvalue weighted by Crippen LogP contribution is 2.39. The number of aromatic carboxylic acids is 1. The number of phenolic OH excluding ortho intramolecular Hbond substituents is 2. The number of carboxylic acids is 1. The normalized spacial score (nSPS) is 12.2. The Bertz CT molecular complexity index is 4050. The van der Waals surface area contributed by atoms with Gasteiger partial charge in [0, 0.05) is 78.7 Å². The van der Waals surface area contributed by atoms with E-state index in [1.807, 2.05) is 171 Å². The van der Waals surface area contributed by atoms with Gasteiger partial charge in [-0.1, -0.05) is 146 Å². The number of hydrogen-bond acceptors (Lipinski definition) is 13. The average Bonchev–Trinajstić information content (AvgIpc) is 1.70. The van der Waals surface area contributed by atoms with Gasteiger partial charge in [0.15, 0.2) is 0 Å². The van der Waals surface area contributed by atoms with Gasteiger partial charge in [-0.15, -0.1) is 0 Å². The zero-order valence-electron chi connectivity index (χ0n) is 58.2. The Morgan fingerprint density at radius 2 is 0.929 bits per heavy atom. The van der Waals surface area contributed by atoms with Crippen LogP contribution in [0.25, 0.3) is 11.1 Å². The predicted molar refractivity (Wildman–Crippen MR) is 399 cm³/mol. The number of aromatic hydroxyl groups is 2. The number of nitrogens with zero attached hydrogens (tertiary/aromatic N) is 4. The molecule has 0 aliphatic carbocycles. The maximum atomic E-state index is 13.6. The second-order valence-corrected chi connectivity index (χ2v) is 25.6. The zero-order chi connectivity index (χ0) is 69.9. The lowest BCUT2D eigenvalue weighted by atomic mass is 9.98. The number of nitrogens with one attached hydrogen (secondary N) is 1. The number of aryl methyl sites for hydroxylation is 2. The van der Waals surface area contributed by atoms with Crippen LogP contribution in [-0.2, 0) is 52.5 Å². The minimum atomic E-state index is -0.940. The van der Waals surface area contributed by atoms with Crippen molar-refractivity contribution in [1.82, 2.24) is 24.9 Å². The van der Waals surface area contributed by atoms with Crippen molar-refractivity contribution in [2.75, 3.05) is 61.1 Å². The molecule has 16 nitrogen and oxygen atoms in total. The molecule has 3 aliphatic rings. The third-order valence-electron chi connectivity index (χ3n) is 16.9. The minimum absolute atomic E-state index is 0. The summed E-state index contributed by atoms with van der Waals surface area (Å²) in [6.07, 6.45) is 1.07. The summed E-state index contributed by atoms with van der Waals surface area (Å²) >= 11 is 0. The first-order valence-electron chi connectivity index (χ1n) is 33.0. The molecule has 8 aromatic rings. The molecule has 2 amide bonds. The summed E-state index contributed by atoms with van der Waals surface area (Å²) in [6, 6.07) is 48.2. The van der Waals surface area contributed by atoms with Crippen molar-refractivity contribution in [1.29, 1.82) is 0 Å². The highest BCUT2D eigenvalue weighted by molar-refractivity contribution is 5.98. The zero-order valence-corrected chi connectivity index (χ0v) is 58.2. The van der Waals surface area contributed by atoms with Gasteiger partial charge in [0.05, 0.1) is 30.8 Å². The van der Waals surface area contributed by atoms with Crippen molar-refractivity contribution in [3.05, 3.63) is 254 Å². The van der Waals surface area contributed by atoms with E-state index in [4.69, 9.17) is 23.7 Å². The molecule has 3 aliphatic heterocycles. The number of likely N-dealkylation sites (N-methyl/N-ethyl adjacent to an activating group) is 2. The quantitative estimate of drug-likeness (QED) is 0.0474. The van der Waals surface area contributed by atoms with Crippen molar-refractivity contribution >= 4 is 28.9 Å². The first-order valence-corrected chi connectivity index (χ1v) is 33.0. The van der Waals surface area contributed by atoms with Gasteiger partial charge in [-0.25, -0.2) is 4.79 Å². The summed E-state index contributed by atoms with van der Waals surface area (Å²) < 4.78 is 29.6. The van der Waals surface area contributed by atoms with Gasteiger partial charge in [-0.2, -0.15) is 0 Å². The van der Waals surface area contributed by atoms with Crippen molar-refractivity contribution in [2.24, 2.45) is 0 Å². The van der Waals surface area contributed by atoms with Gasteiger partial charge >= 0.3 is 5.97 Å². The Labute approximate surface area is 587 Å². The lowest BCUT2D eigenvalue weighted by molar-refractivity contribution is 0.0693. The van der Waals surface area contributed by atoms with E-state index in [1.54, 1.807) is 30.0 Å². The number of hydrogen-bond donors (Lipinski definition) is 4. The molecular formula is C83H103N5O11. The molecule has 3 heterocycles. The van der Waals surface area contributed by atoms with Crippen LogP contribution in [0.2, 0.25) is 0 Å². The Balaban J connectivity index is 0.000000217. The number of amides is 2. The second-order valence-electron chi connectivity index (χ2n) is 25.6. The van der Waals surface area contributed by atoms with E-state index in [9.17, 15) is 29.7 Å². The number of carbonyl (C=O) groups is 3. The standard InChI is InChI=1S/C30H34N2O3.C22H28N2O4.C18H18O3.C11H15NO.2CH4/c1-21(2)25-17-26(22(3)16-29(25)35-20-23-10-7-6-8-11-23)30(33)32-18-24-12-9-13-28(27(24)19-32)34-15-14-31(4)5;1-14(2)16-10-17(20(26)11-19(16)25)22(27)24-12-15-6-5-7-21(18(15)13-24)28-9-8-23(3)4;1-12(2)15-10-16(18(19)20)13(3)9-17(15)21-11-14-7-5-4-6-8-14;1-2-6-13-11-5-3-4-9-7-12-8-10(9)11;;/h6-13,16-17H,1,14-15,18-20H2,2-5H3;5-7,10-11,14,25-26H,8-9,12-13H2,1-4H3;4-10H,1,11H2,2-3H3,(H,19,20);3-5,12H,2,6-8H2,1H3;2*1H4. The van der Waals surface area contributed by atoms with Crippen molar-refractivity contribution in [2.45, 2.75) is 128 Å². The Hall–Kier alpha value is -9.87. The van der Waals surface area contributed by atoms with Crippen LogP contribution < -0.4 is 29.0 Å². The SMILES string of the molecule is C.C.C=C(C)c1cc(C(=O)N2Cc3cccc(OCCN(C)C)c3C2)c(C)cc1OCc1ccccc1.C=C(C)c1cc(C(=O)O)c(C)cc1OCc1ccccc1.CC(C)c1cc(C(=O)N2Cc3cccc(OCCN(C)C)c3C2)c(O)cc1O.CCCOc1cccc2c1CNC2. The van der Waals surface area contributed by atoms with E-state index in [-0.39, 0.29) is 55.2 Å². The predicted octanol–water partition coefficient (Wildman–Crippen LogP) is 16.7. The van der Waals surface area contributed by atoms with Crippen LogP contribution in [0.15, 0.2) is 165 Å². The maximum absolute atomic E-state index is 13.6. The smallest absolute Gasteiger partial charge is 0.335 e. The van der Waals surface area contributed by atoms with Crippen LogP contribution in [0.5, 0.6) is 40.2 Å². The first kappa shape index (κ1) is 78.1.